The Bertz CT molecular complexity index is 1280. The van der Waals surface area contributed by atoms with Gasteiger partial charge in [0, 0.05) is 46.3 Å². The fourth-order valence-corrected chi connectivity index (χ4v) is 3.37. The number of hydrogen-bond donors (Lipinski definition) is 3. The predicted molar refractivity (Wildman–Crippen MR) is 121 cm³/mol. The van der Waals surface area contributed by atoms with Crippen molar-refractivity contribution in [3.63, 3.8) is 0 Å². The highest BCUT2D eigenvalue weighted by molar-refractivity contribution is 6.07. The standard InChI is InChI=1S/C24H22N4O3/c1-14-15(2)26-20-8-6-16(11-19(14)20)23(29)27-18-7-9-21(22(12-18)31-3)28-24(30)17-5-4-10-25-13-17/h4-13,26H,1-3H3,(H,27,29)(H,28,30). The number of amides is 2. The summed E-state index contributed by atoms with van der Waals surface area (Å²) in [7, 11) is 1.51. The summed E-state index contributed by atoms with van der Waals surface area (Å²) in [6.07, 6.45) is 3.09. The number of pyridine rings is 1. The Balaban J connectivity index is 1.53. The first-order valence-electron chi connectivity index (χ1n) is 9.76. The van der Waals surface area contributed by atoms with E-state index in [1.54, 1.807) is 42.6 Å². The van der Waals surface area contributed by atoms with Crippen LogP contribution in [0, 0.1) is 13.8 Å². The number of methoxy groups -OCH3 is 1. The molecule has 0 saturated carbocycles. The van der Waals surface area contributed by atoms with E-state index in [0.29, 0.717) is 28.3 Å². The van der Waals surface area contributed by atoms with Gasteiger partial charge in [-0.3, -0.25) is 14.6 Å². The maximum absolute atomic E-state index is 12.8. The molecule has 0 saturated heterocycles. The molecular weight excluding hydrogens is 392 g/mol. The maximum atomic E-state index is 12.8. The number of hydrogen-bond acceptors (Lipinski definition) is 4. The molecule has 0 aliphatic rings. The zero-order valence-electron chi connectivity index (χ0n) is 17.4. The van der Waals surface area contributed by atoms with Gasteiger partial charge in [-0.2, -0.15) is 0 Å². The molecule has 0 fully saturated rings. The van der Waals surface area contributed by atoms with Crippen molar-refractivity contribution in [1.82, 2.24) is 9.97 Å². The third-order valence-electron chi connectivity index (χ3n) is 5.20. The quantitative estimate of drug-likeness (QED) is 0.441. The minimum Gasteiger partial charge on any atom is -0.494 e. The Kier molecular flexibility index (Phi) is 5.41. The largest absolute Gasteiger partial charge is 0.494 e. The van der Waals surface area contributed by atoms with Gasteiger partial charge >= 0.3 is 0 Å². The average Bonchev–Trinajstić information content (AvgIpc) is 3.08. The van der Waals surface area contributed by atoms with Gasteiger partial charge in [-0.25, -0.2) is 0 Å². The minimum atomic E-state index is -0.298. The normalized spacial score (nSPS) is 10.7. The van der Waals surface area contributed by atoms with Crippen LogP contribution in [0.15, 0.2) is 60.9 Å². The predicted octanol–water partition coefficient (Wildman–Crippen LogP) is 4.69. The number of rotatable bonds is 5. The molecule has 2 heterocycles. The van der Waals surface area contributed by atoms with Crippen LogP contribution in [0.4, 0.5) is 11.4 Å². The zero-order valence-corrected chi connectivity index (χ0v) is 17.4. The van der Waals surface area contributed by atoms with Gasteiger partial charge in [-0.15, -0.1) is 0 Å². The zero-order chi connectivity index (χ0) is 22.0. The molecule has 4 rings (SSSR count). The van der Waals surface area contributed by atoms with Crippen molar-refractivity contribution in [2.45, 2.75) is 13.8 Å². The van der Waals surface area contributed by atoms with E-state index in [1.807, 2.05) is 26.0 Å². The van der Waals surface area contributed by atoms with Crippen LogP contribution in [0.2, 0.25) is 0 Å². The molecular formula is C24H22N4O3. The summed E-state index contributed by atoms with van der Waals surface area (Å²) in [6.45, 7) is 4.04. The van der Waals surface area contributed by atoms with Gasteiger partial charge in [-0.1, -0.05) is 0 Å². The van der Waals surface area contributed by atoms with Crippen LogP contribution in [0.3, 0.4) is 0 Å². The third-order valence-corrected chi connectivity index (χ3v) is 5.20. The van der Waals surface area contributed by atoms with Gasteiger partial charge in [0.05, 0.1) is 18.4 Å². The second-order valence-electron chi connectivity index (χ2n) is 7.20. The molecule has 0 aliphatic heterocycles. The summed E-state index contributed by atoms with van der Waals surface area (Å²) in [5.41, 5.74) is 5.26. The maximum Gasteiger partial charge on any atom is 0.257 e. The molecule has 156 valence electrons. The second kappa shape index (κ2) is 8.31. The molecule has 0 spiro atoms. The monoisotopic (exact) mass is 414 g/mol. The lowest BCUT2D eigenvalue weighted by Crippen LogP contribution is -2.14. The molecule has 4 aromatic rings. The van der Waals surface area contributed by atoms with Gasteiger partial charge in [0.2, 0.25) is 0 Å². The van der Waals surface area contributed by atoms with Gasteiger partial charge in [0.1, 0.15) is 5.75 Å². The first-order chi connectivity index (χ1) is 15.0. The molecule has 31 heavy (non-hydrogen) atoms. The van der Waals surface area contributed by atoms with E-state index >= 15 is 0 Å². The van der Waals surface area contributed by atoms with Crippen molar-refractivity contribution < 1.29 is 14.3 Å². The number of aryl methyl sites for hydroxylation is 2. The average molecular weight is 414 g/mol. The highest BCUT2D eigenvalue weighted by atomic mass is 16.5. The van der Waals surface area contributed by atoms with Crippen molar-refractivity contribution in [3.8, 4) is 5.75 Å². The van der Waals surface area contributed by atoms with Crippen LogP contribution in [-0.4, -0.2) is 28.9 Å². The topological polar surface area (TPSA) is 96.1 Å². The first kappa shape index (κ1) is 20.2. The van der Waals surface area contributed by atoms with Crippen molar-refractivity contribution in [2.75, 3.05) is 17.7 Å². The molecule has 7 heteroatoms. The fraction of sp³-hybridized carbons (Fsp3) is 0.125. The molecule has 7 nitrogen and oxygen atoms in total. The molecule has 3 N–H and O–H groups in total. The Labute approximate surface area is 179 Å². The Morgan fingerprint density at radius 2 is 1.77 bits per heavy atom. The van der Waals surface area contributed by atoms with Gasteiger partial charge in [0.25, 0.3) is 11.8 Å². The Hall–Kier alpha value is -4.13. The third kappa shape index (κ3) is 4.11. The van der Waals surface area contributed by atoms with E-state index in [-0.39, 0.29) is 11.8 Å². The van der Waals surface area contributed by atoms with E-state index < -0.39 is 0 Å². The number of carbonyl (C=O) groups is 2. The highest BCUT2D eigenvalue weighted by Crippen LogP contribution is 2.29. The van der Waals surface area contributed by atoms with Crippen molar-refractivity contribution in [1.29, 1.82) is 0 Å². The number of anilines is 2. The summed E-state index contributed by atoms with van der Waals surface area (Å²) in [5.74, 6) is -0.0920. The Morgan fingerprint density at radius 1 is 0.968 bits per heavy atom. The summed E-state index contributed by atoms with van der Waals surface area (Å²) >= 11 is 0. The van der Waals surface area contributed by atoms with Gasteiger partial charge in [0.15, 0.2) is 0 Å². The number of fused-ring (bicyclic) bond motifs is 1. The summed E-state index contributed by atoms with van der Waals surface area (Å²) in [4.78, 5) is 32.4. The lowest BCUT2D eigenvalue weighted by atomic mass is 10.1. The highest BCUT2D eigenvalue weighted by Gasteiger charge is 2.13. The molecule has 2 aromatic carbocycles. The second-order valence-corrected chi connectivity index (χ2v) is 7.20. The number of ether oxygens (including phenoxy) is 1. The molecule has 2 amide bonds. The number of benzene rings is 2. The van der Waals surface area contributed by atoms with Crippen LogP contribution in [0.5, 0.6) is 5.75 Å². The van der Waals surface area contributed by atoms with Gasteiger partial charge in [-0.05, 0) is 61.9 Å². The fourth-order valence-electron chi connectivity index (χ4n) is 3.37. The molecule has 0 unspecified atom stereocenters. The number of aromatic nitrogens is 2. The van der Waals surface area contributed by atoms with Crippen molar-refractivity contribution >= 4 is 34.1 Å². The number of aromatic amines is 1. The lowest BCUT2D eigenvalue weighted by Gasteiger charge is -2.13. The van der Waals surface area contributed by atoms with E-state index in [0.717, 1.165) is 22.2 Å². The smallest absolute Gasteiger partial charge is 0.257 e. The molecule has 0 atom stereocenters. The van der Waals surface area contributed by atoms with E-state index in [4.69, 9.17) is 4.74 Å². The number of nitrogens with one attached hydrogen (secondary N) is 3. The van der Waals surface area contributed by atoms with Crippen molar-refractivity contribution in [3.05, 3.63) is 83.3 Å². The summed E-state index contributed by atoms with van der Waals surface area (Å²) < 4.78 is 5.40. The van der Waals surface area contributed by atoms with E-state index in [2.05, 4.69) is 20.6 Å². The van der Waals surface area contributed by atoms with Crippen molar-refractivity contribution in [2.24, 2.45) is 0 Å². The van der Waals surface area contributed by atoms with E-state index in [9.17, 15) is 9.59 Å². The summed E-state index contributed by atoms with van der Waals surface area (Å²) in [5, 5.41) is 6.71. The number of carbonyl (C=O) groups excluding carboxylic acids is 2. The summed E-state index contributed by atoms with van der Waals surface area (Å²) in [6, 6.07) is 14.0. The SMILES string of the molecule is COc1cc(NC(=O)c2ccc3[nH]c(C)c(C)c3c2)ccc1NC(=O)c1cccnc1. The number of nitrogens with zero attached hydrogens (tertiary/aromatic N) is 1. The lowest BCUT2D eigenvalue weighted by molar-refractivity contribution is 0.101. The Morgan fingerprint density at radius 3 is 2.52 bits per heavy atom. The van der Waals surface area contributed by atoms with Crippen LogP contribution >= 0.6 is 0 Å². The van der Waals surface area contributed by atoms with Crippen LogP contribution < -0.4 is 15.4 Å². The van der Waals surface area contributed by atoms with Crippen LogP contribution in [0.1, 0.15) is 32.0 Å². The molecule has 0 bridgehead atoms. The van der Waals surface area contributed by atoms with Gasteiger partial charge < -0.3 is 20.4 Å². The van der Waals surface area contributed by atoms with Crippen LogP contribution in [0.25, 0.3) is 10.9 Å². The molecule has 0 aliphatic carbocycles. The van der Waals surface area contributed by atoms with Crippen LogP contribution in [-0.2, 0) is 0 Å². The molecule has 2 aromatic heterocycles. The van der Waals surface area contributed by atoms with E-state index in [1.165, 1.54) is 13.3 Å². The first-order valence-corrected chi connectivity index (χ1v) is 9.76. The minimum absolute atomic E-state index is 0.227. The molecule has 0 radical (unpaired) electrons. The number of H-pyrrole nitrogens is 1.